The number of hydrogen-bond donors (Lipinski definition) is 0. The number of para-hydroxylation sites is 2. The highest BCUT2D eigenvalue weighted by Crippen LogP contribution is 2.11. The van der Waals surface area contributed by atoms with Crippen molar-refractivity contribution in [3.63, 3.8) is 0 Å². The van der Waals surface area contributed by atoms with Crippen molar-refractivity contribution in [3.05, 3.63) is 36.7 Å². The Balaban J connectivity index is 2.48. The van der Waals surface area contributed by atoms with Crippen LogP contribution in [-0.2, 0) is 4.79 Å². The Morgan fingerprint density at radius 2 is 2.21 bits per heavy atom. The first-order valence-corrected chi connectivity index (χ1v) is 4.38. The van der Waals surface area contributed by atoms with Crippen molar-refractivity contribution in [1.82, 2.24) is 9.55 Å². The van der Waals surface area contributed by atoms with E-state index in [4.69, 9.17) is 0 Å². The second-order valence-corrected chi connectivity index (χ2v) is 3.07. The highest BCUT2D eigenvalue weighted by molar-refractivity contribution is 5.90. The summed E-state index contributed by atoms with van der Waals surface area (Å²) in [6.45, 7) is 1.52. The van der Waals surface area contributed by atoms with Gasteiger partial charge in [-0.3, -0.25) is 4.79 Å². The second kappa shape index (κ2) is 3.46. The maximum Gasteiger partial charge on any atom is 0.154 e. The van der Waals surface area contributed by atoms with Gasteiger partial charge in [-0.25, -0.2) is 4.98 Å². The van der Waals surface area contributed by atoms with Gasteiger partial charge in [0.05, 0.1) is 17.4 Å². The Kier molecular flexibility index (Phi) is 2.14. The lowest BCUT2D eigenvalue weighted by atomic mass is 10.3. The minimum Gasteiger partial charge on any atom is -0.306 e. The molecule has 0 amide bonds. The van der Waals surface area contributed by atoms with Crippen molar-refractivity contribution in [2.24, 2.45) is 0 Å². The van der Waals surface area contributed by atoms with Crippen LogP contribution in [0.1, 0.15) is 6.92 Å². The number of hydrogen-bond acceptors (Lipinski definition) is 2. The van der Waals surface area contributed by atoms with Crippen LogP contribution in [0.15, 0.2) is 36.7 Å². The van der Waals surface area contributed by atoms with E-state index in [0.29, 0.717) is 0 Å². The first-order chi connectivity index (χ1) is 6.77. The smallest absolute Gasteiger partial charge is 0.154 e. The molecule has 0 fully saturated rings. The van der Waals surface area contributed by atoms with Crippen LogP contribution in [0.4, 0.5) is 0 Å². The fraction of sp³-hybridized carbons (Fsp3) is 0.0909. The van der Waals surface area contributed by atoms with Crippen LogP contribution in [0.25, 0.3) is 17.2 Å². The Morgan fingerprint density at radius 1 is 1.43 bits per heavy atom. The molecule has 14 heavy (non-hydrogen) atoms. The van der Waals surface area contributed by atoms with Gasteiger partial charge in [-0.1, -0.05) is 12.1 Å². The zero-order valence-corrected chi connectivity index (χ0v) is 7.84. The standard InChI is InChI=1S/C11H10N2O/c1-9(14)6-7-13-8-12-10-4-2-3-5-11(10)13/h2-8H,1H3. The lowest BCUT2D eigenvalue weighted by molar-refractivity contribution is -0.112. The lowest BCUT2D eigenvalue weighted by Gasteiger charge is -1.93. The van der Waals surface area contributed by atoms with Gasteiger partial charge in [-0.15, -0.1) is 0 Å². The minimum atomic E-state index is 0.0304. The number of nitrogens with zero attached hydrogens (tertiary/aromatic N) is 2. The average molecular weight is 186 g/mol. The van der Waals surface area contributed by atoms with E-state index in [9.17, 15) is 4.79 Å². The number of allylic oxidation sites excluding steroid dienone is 1. The number of aromatic nitrogens is 2. The minimum absolute atomic E-state index is 0.0304. The topological polar surface area (TPSA) is 34.9 Å². The molecular formula is C11H10N2O. The highest BCUT2D eigenvalue weighted by atomic mass is 16.1. The number of imidazole rings is 1. The molecule has 1 heterocycles. The fourth-order valence-corrected chi connectivity index (χ4v) is 1.28. The van der Waals surface area contributed by atoms with Crippen molar-refractivity contribution in [2.75, 3.05) is 0 Å². The fourth-order valence-electron chi connectivity index (χ4n) is 1.28. The van der Waals surface area contributed by atoms with Gasteiger partial charge in [0.15, 0.2) is 5.78 Å². The third kappa shape index (κ3) is 1.57. The van der Waals surface area contributed by atoms with Gasteiger partial charge >= 0.3 is 0 Å². The van der Waals surface area contributed by atoms with Gasteiger partial charge in [0, 0.05) is 6.20 Å². The van der Waals surface area contributed by atoms with Crippen LogP contribution in [0, 0.1) is 0 Å². The monoisotopic (exact) mass is 186 g/mol. The van der Waals surface area contributed by atoms with Gasteiger partial charge in [-0.2, -0.15) is 0 Å². The summed E-state index contributed by atoms with van der Waals surface area (Å²) in [5.41, 5.74) is 1.94. The molecule has 0 radical (unpaired) electrons. The third-order valence-electron chi connectivity index (χ3n) is 1.95. The van der Waals surface area contributed by atoms with Crippen LogP contribution >= 0.6 is 0 Å². The normalized spacial score (nSPS) is 11.2. The van der Waals surface area contributed by atoms with E-state index in [1.807, 2.05) is 28.8 Å². The van der Waals surface area contributed by atoms with E-state index in [1.54, 1.807) is 12.5 Å². The first-order valence-electron chi connectivity index (χ1n) is 4.38. The first kappa shape index (κ1) is 8.69. The molecule has 70 valence electrons. The Bertz CT molecular complexity index is 497. The predicted molar refractivity (Wildman–Crippen MR) is 55.7 cm³/mol. The molecule has 2 rings (SSSR count). The van der Waals surface area contributed by atoms with E-state index < -0.39 is 0 Å². The number of fused-ring (bicyclic) bond motifs is 1. The van der Waals surface area contributed by atoms with E-state index in [0.717, 1.165) is 11.0 Å². The number of carbonyl (C=O) groups is 1. The van der Waals surface area contributed by atoms with Gasteiger partial charge in [-0.05, 0) is 25.1 Å². The van der Waals surface area contributed by atoms with Crippen LogP contribution in [-0.4, -0.2) is 15.3 Å². The van der Waals surface area contributed by atoms with Crippen molar-refractivity contribution >= 4 is 23.0 Å². The molecule has 0 N–H and O–H groups in total. The molecule has 1 aromatic heterocycles. The molecule has 0 unspecified atom stereocenters. The largest absolute Gasteiger partial charge is 0.306 e. The van der Waals surface area contributed by atoms with E-state index in [-0.39, 0.29) is 5.78 Å². The SMILES string of the molecule is CC(=O)C=Cn1cnc2ccccc21. The van der Waals surface area contributed by atoms with Crippen molar-refractivity contribution < 1.29 is 4.79 Å². The van der Waals surface area contributed by atoms with Crippen LogP contribution in [0.5, 0.6) is 0 Å². The molecule has 0 aliphatic heterocycles. The van der Waals surface area contributed by atoms with Crippen LogP contribution in [0.2, 0.25) is 0 Å². The summed E-state index contributed by atoms with van der Waals surface area (Å²) in [7, 11) is 0. The maximum atomic E-state index is 10.8. The maximum absolute atomic E-state index is 10.8. The van der Waals surface area contributed by atoms with Crippen molar-refractivity contribution in [2.45, 2.75) is 6.92 Å². The average Bonchev–Trinajstić information content (AvgIpc) is 2.58. The van der Waals surface area contributed by atoms with Gasteiger partial charge < -0.3 is 4.57 Å². The molecular weight excluding hydrogens is 176 g/mol. The van der Waals surface area contributed by atoms with Gasteiger partial charge in [0.2, 0.25) is 0 Å². The molecule has 0 saturated heterocycles. The van der Waals surface area contributed by atoms with E-state index >= 15 is 0 Å². The molecule has 0 spiro atoms. The predicted octanol–water partition coefficient (Wildman–Crippen LogP) is 2.10. The van der Waals surface area contributed by atoms with Gasteiger partial charge in [0.1, 0.15) is 0 Å². The Labute approximate surface area is 81.7 Å². The van der Waals surface area contributed by atoms with Crippen molar-refractivity contribution in [3.8, 4) is 0 Å². The molecule has 0 aliphatic carbocycles. The van der Waals surface area contributed by atoms with Gasteiger partial charge in [0.25, 0.3) is 0 Å². The number of benzene rings is 1. The quantitative estimate of drug-likeness (QED) is 0.673. The van der Waals surface area contributed by atoms with E-state index in [1.165, 1.54) is 13.0 Å². The molecule has 0 atom stereocenters. The summed E-state index contributed by atoms with van der Waals surface area (Å²) < 4.78 is 1.83. The molecule has 0 bridgehead atoms. The molecule has 3 heteroatoms. The molecule has 0 aliphatic rings. The summed E-state index contributed by atoms with van der Waals surface area (Å²) in [5.74, 6) is 0.0304. The Morgan fingerprint density at radius 3 is 3.00 bits per heavy atom. The van der Waals surface area contributed by atoms with Crippen LogP contribution in [0.3, 0.4) is 0 Å². The van der Waals surface area contributed by atoms with Crippen LogP contribution < -0.4 is 0 Å². The zero-order chi connectivity index (χ0) is 9.97. The number of carbonyl (C=O) groups excluding carboxylic acids is 1. The summed E-state index contributed by atoms with van der Waals surface area (Å²) in [4.78, 5) is 15.0. The summed E-state index contributed by atoms with van der Waals surface area (Å²) in [6.07, 6.45) is 4.94. The van der Waals surface area contributed by atoms with Crippen molar-refractivity contribution in [1.29, 1.82) is 0 Å². The third-order valence-corrected chi connectivity index (χ3v) is 1.95. The molecule has 2 aromatic rings. The highest BCUT2D eigenvalue weighted by Gasteiger charge is 1.97. The molecule has 3 nitrogen and oxygen atoms in total. The second-order valence-electron chi connectivity index (χ2n) is 3.07. The number of ketones is 1. The summed E-state index contributed by atoms with van der Waals surface area (Å²) in [5, 5.41) is 0. The summed E-state index contributed by atoms with van der Waals surface area (Å²) in [6, 6.07) is 7.79. The number of rotatable bonds is 2. The zero-order valence-electron chi connectivity index (χ0n) is 7.84. The lowest BCUT2D eigenvalue weighted by Crippen LogP contribution is -1.86. The summed E-state index contributed by atoms with van der Waals surface area (Å²) >= 11 is 0. The Hall–Kier alpha value is -1.90. The molecule has 1 aromatic carbocycles. The van der Waals surface area contributed by atoms with E-state index in [2.05, 4.69) is 4.98 Å². The molecule has 0 saturated carbocycles.